The number of carbonyl (C=O) groups excluding carboxylic acids is 1. The molecular weight excluding hydrogens is 100 g/mol. The second-order valence-electron chi connectivity index (χ2n) is 3.36. The average molecular weight is 110 g/mol. The van der Waals surface area contributed by atoms with Crippen LogP contribution in [0.3, 0.4) is 0 Å². The van der Waals surface area contributed by atoms with Crippen LogP contribution in [0, 0.1) is 11.3 Å². The fourth-order valence-electron chi connectivity index (χ4n) is 2.05. The highest BCUT2D eigenvalue weighted by Crippen LogP contribution is 2.54. The van der Waals surface area contributed by atoms with Gasteiger partial charge in [0.05, 0.1) is 0 Å². The predicted octanol–water partition coefficient (Wildman–Crippen LogP) is 1.38. The van der Waals surface area contributed by atoms with E-state index < -0.39 is 0 Å². The summed E-state index contributed by atoms with van der Waals surface area (Å²) in [7, 11) is 0. The van der Waals surface area contributed by atoms with E-state index in [-0.39, 0.29) is 5.41 Å². The van der Waals surface area contributed by atoms with Crippen LogP contribution in [-0.4, -0.2) is 5.78 Å². The van der Waals surface area contributed by atoms with Crippen LogP contribution in [0.15, 0.2) is 0 Å². The Kier molecular flexibility index (Phi) is 0.565. The van der Waals surface area contributed by atoms with E-state index in [1.54, 1.807) is 0 Å². The van der Waals surface area contributed by atoms with Gasteiger partial charge in [0.15, 0.2) is 0 Å². The summed E-state index contributed by atoms with van der Waals surface area (Å²) in [6.45, 7) is 2.10. The SMILES string of the molecule is CC12CCC(C1)C2=O. The highest BCUT2D eigenvalue weighted by Gasteiger charge is 2.55. The summed E-state index contributed by atoms with van der Waals surface area (Å²) < 4.78 is 0. The Morgan fingerprint density at radius 3 is 2.62 bits per heavy atom. The minimum absolute atomic E-state index is 0.157. The molecule has 0 aliphatic heterocycles. The zero-order chi connectivity index (χ0) is 5.78. The largest absolute Gasteiger partial charge is 0.299 e. The molecule has 3 rings (SSSR count). The number of rotatable bonds is 0. The molecule has 3 aliphatic rings. The molecule has 0 N–H and O–H groups in total. The van der Waals surface area contributed by atoms with E-state index in [2.05, 4.69) is 6.92 Å². The van der Waals surface area contributed by atoms with Crippen LogP contribution in [0.4, 0.5) is 0 Å². The first kappa shape index (κ1) is 4.54. The molecule has 2 unspecified atom stereocenters. The molecule has 3 aliphatic carbocycles. The van der Waals surface area contributed by atoms with Gasteiger partial charge in [-0.1, -0.05) is 6.92 Å². The van der Waals surface area contributed by atoms with Crippen molar-refractivity contribution in [2.24, 2.45) is 11.3 Å². The summed E-state index contributed by atoms with van der Waals surface area (Å²) in [5.41, 5.74) is 0.157. The van der Waals surface area contributed by atoms with Gasteiger partial charge in [-0.15, -0.1) is 0 Å². The van der Waals surface area contributed by atoms with Gasteiger partial charge >= 0.3 is 0 Å². The van der Waals surface area contributed by atoms with Crippen molar-refractivity contribution in [2.75, 3.05) is 0 Å². The maximum absolute atomic E-state index is 10.9. The molecule has 2 bridgehead atoms. The molecule has 0 aromatic heterocycles. The third-order valence-corrected chi connectivity index (χ3v) is 2.71. The Balaban J connectivity index is 2.35. The van der Waals surface area contributed by atoms with Crippen molar-refractivity contribution in [2.45, 2.75) is 26.2 Å². The van der Waals surface area contributed by atoms with E-state index in [4.69, 9.17) is 0 Å². The summed E-state index contributed by atoms with van der Waals surface area (Å²) >= 11 is 0. The minimum atomic E-state index is 0.157. The zero-order valence-corrected chi connectivity index (χ0v) is 5.11. The maximum atomic E-state index is 10.9. The van der Waals surface area contributed by atoms with Crippen LogP contribution in [0.1, 0.15) is 26.2 Å². The molecule has 0 spiro atoms. The van der Waals surface area contributed by atoms with Gasteiger partial charge in [-0.2, -0.15) is 0 Å². The summed E-state index contributed by atoms with van der Waals surface area (Å²) in [6, 6.07) is 0. The lowest BCUT2D eigenvalue weighted by molar-refractivity contribution is -0.137. The van der Waals surface area contributed by atoms with Crippen molar-refractivity contribution in [3.05, 3.63) is 0 Å². The number of hydrogen-bond acceptors (Lipinski definition) is 1. The highest BCUT2D eigenvalue weighted by atomic mass is 16.1. The van der Waals surface area contributed by atoms with Gasteiger partial charge in [0, 0.05) is 11.3 Å². The van der Waals surface area contributed by atoms with E-state index in [0.717, 1.165) is 6.42 Å². The van der Waals surface area contributed by atoms with Crippen LogP contribution in [0.5, 0.6) is 0 Å². The van der Waals surface area contributed by atoms with Gasteiger partial charge in [0.2, 0.25) is 0 Å². The quantitative estimate of drug-likeness (QED) is 0.460. The number of hydrogen-bond donors (Lipinski definition) is 0. The summed E-state index contributed by atoms with van der Waals surface area (Å²) in [5.74, 6) is 1.03. The fraction of sp³-hybridized carbons (Fsp3) is 0.857. The number of fused-ring (bicyclic) bond motifs is 1. The lowest BCUT2D eigenvalue weighted by Crippen LogP contribution is -2.37. The number of Topliss-reactive ketones (excluding diaryl/α,β-unsaturated/α-hetero) is 1. The van der Waals surface area contributed by atoms with Crippen LogP contribution in [0.2, 0.25) is 0 Å². The first-order chi connectivity index (χ1) is 3.72. The molecule has 0 amide bonds. The molecule has 44 valence electrons. The third kappa shape index (κ3) is 0.289. The summed E-state index contributed by atoms with van der Waals surface area (Å²) in [4.78, 5) is 10.9. The summed E-state index contributed by atoms with van der Waals surface area (Å²) in [6.07, 6.45) is 3.53. The van der Waals surface area contributed by atoms with Gasteiger partial charge < -0.3 is 0 Å². The van der Waals surface area contributed by atoms with Gasteiger partial charge in [0.1, 0.15) is 5.78 Å². The second kappa shape index (κ2) is 0.996. The Morgan fingerprint density at radius 1 is 1.75 bits per heavy atom. The maximum Gasteiger partial charge on any atom is 0.141 e. The van der Waals surface area contributed by atoms with E-state index in [1.807, 2.05) is 0 Å². The first-order valence-electron chi connectivity index (χ1n) is 3.27. The predicted molar refractivity (Wildman–Crippen MR) is 30.5 cm³/mol. The Hall–Kier alpha value is -0.330. The van der Waals surface area contributed by atoms with Crippen LogP contribution in [0.25, 0.3) is 0 Å². The van der Waals surface area contributed by atoms with Crippen LogP contribution >= 0.6 is 0 Å². The van der Waals surface area contributed by atoms with Crippen molar-refractivity contribution in [3.63, 3.8) is 0 Å². The lowest BCUT2D eigenvalue weighted by Gasteiger charge is -2.32. The first-order valence-corrected chi connectivity index (χ1v) is 3.27. The van der Waals surface area contributed by atoms with Gasteiger partial charge in [-0.3, -0.25) is 4.79 Å². The fourth-order valence-corrected chi connectivity index (χ4v) is 2.05. The molecule has 8 heavy (non-hydrogen) atoms. The van der Waals surface area contributed by atoms with Crippen LogP contribution in [-0.2, 0) is 4.79 Å². The molecule has 1 heteroatoms. The zero-order valence-electron chi connectivity index (χ0n) is 5.11. The van der Waals surface area contributed by atoms with Gasteiger partial charge in [0.25, 0.3) is 0 Å². The molecule has 0 heterocycles. The molecule has 3 saturated carbocycles. The Labute approximate surface area is 49.1 Å². The Bertz CT molecular complexity index is 146. The molecule has 0 radical (unpaired) electrons. The standard InChI is InChI=1S/C7H10O/c1-7-3-2-5(4-7)6(7)8/h5H,2-4H2,1H3. The Morgan fingerprint density at radius 2 is 2.50 bits per heavy atom. The van der Waals surface area contributed by atoms with Gasteiger partial charge in [-0.05, 0) is 19.3 Å². The molecule has 0 aromatic carbocycles. The van der Waals surface area contributed by atoms with E-state index in [1.165, 1.54) is 12.8 Å². The van der Waals surface area contributed by atoms with E-state index in [9.17, 15) is 4.79 Å². The molecule has 0 aromatic rings. The average Bonchev–Trinajstić information content (AvgIpc) is 2.21. The third-order valence-electron chi connectivity index (χ3n) is 2.71. The van der Waals surface area contributed by atoms with Crippen molar-refractivity contribution in [3.8, 4) is 0 Å². The minimum Gasteiger partial charge on any atom is -0.299 e. The number of ketones is 1. The molecular formula is C7H10O. The molecule has 0 saturated heterocycles. The molecule has 3 fully saturated rings. The van der Waals surface area contributed by atoms with Crippen molar-refractivity contribution < 1.29 is 4.79 Å². The normalized spacial score (nSPS) is 51.6. The van der Waals surface area contributed by atoms with Gasteiger partial charge in [-0.25, -0.2) is 0 Å². The smallest absolute Gasteiger partial charge is 0.141 e. The van der Waals surface area contributed by atoms with E-state index in [0.29, 0.717) is 11.7 Å². The van der Waals surface area contributed by atoms with E-state index >= 15 is 0 Å². The topological polar surface area (TPSA) is 17.1 Å². The van der Waals surface area contributed by atoms with Crippen molar-refractivity contribution in [1.29, 1.82) is 0 Å². The molecule has 1 nitrogen and oxygen atoms in total. The number of carbonyl (C=O) groups is 1. The highest BCUT2D eigenvalue weighted by molar-refractivity contribution is 5.94. The van der Waals surface area contributed by atoms with Crippen molar-refractivity contribution >= 4 is 5.78 Å². The second-order valence-corrected chi connectivity index (χ2v) is 3.36. The molecule has 2 atom stereocenters. The van der Waals surface area contributed by atoms with Crippen molar-refractivity contribution in [1.82, 2.24) is 0 Å². The summed E-state index contributed by atoms with van der Waals surface area (Å²) in [5, 5.41) is 0. The van der Waals surface area contributed by atoms with Crippen LogP contribution < -0.4 is 0 Å². The lowest BCUT2D eigenvalue weighted by atomic mass is 9.70. The monoisotopic (exact) mass is 110 g/mol.